The summed E-state index contributed by atoms with van der Waals surface area (Å²) in [7, 11) is 0. The maximum atomic E-state index is 6.02. The summed E-state index contributed by atoms with van der Waals surface area (Å²) in [4.78, 5) is 7.86. The maximum absolute atomic E-state index is 6.02. The van der Waals surface area contributed by atoms with Crippen LogP contribution < -0.4 is 11.5 Å². The molecule has 2 aromatic rings. The summed E-state index contributed by atoms with van der Waals surface area (Å²) >= 11 is 6.02. The van der Waals surface area contributed by atoms with Gasteiger partial charge in [0.2, 0.25) is 5.95 Å². The molecule has 15 heavy (non-hydrogen) atoms. The second kappa shape index (κ2) is 3.74. The smallest absolute Gasteiger partial charge is 0.222 e. The number of hydrogen-bond donors (Lipinski definition) is 2. The average Bonchev–Trinajstić information content (AvgIpc) is 2.16. The molecular formula is C10H9ClN4. The highest BCUT2D eigenvalue weighted by molar-refractivity contribution is 6.33. The van der Waals surface area contributed by atoms with E-state index in [1.54, 1.807) is 12.1 Å². The van der Waals surface area contributed by atoms with Crippen LogP contribution in [-0.4, -0.2) is 9.97 Å². The normalized spacial score (nSPS) is 10.2. The fourth-order valence-corrected chi connectivity index (χ4v) is 1.52. The standard InChI is InChI=1S/C10H9ClN4/c11-7-4-2-1-3-6(7)8-5-9(12)15-10(13)14-8/h1-5H,(H4,12,13,14,15). The number of rotatable bonds is 1. The molecule has 0 aliphatic rings. The lowest BCUT2D eigenvalue weighted by atomic mass is 10.1. The molecule has 0 saturated carbocycles. The third-order valence-corrected chi connectivity index (χ3v) is 2.24. The van der Waals surface area contributed by atoms with Crippen LogP contribution in [0.2, 0.25) is 5.02 Å². The van der Waals surface area contributed by atoms with Crippen molar-refractivity contribution in [2.75, 3.05) is 11.5 Å². The topological polar surface area (TPSA) is 77.8 Å². The number of nitrogens with zero attached hydrogens (tertiary/aromatic N) is 2. The molecule has 1 aromatic heterocycles. The van der Waals surface area contributed by atoms with Crippen molar-refractivity contribution in [3.8, 4) is 11.3 Å². The van der Waals surface area contributed by atoms with Crippen molar-refractivity contribution in [2.24, 2.45) is 0 Å². The molecule has 0 bridgehead atoms. The van der Waals surface area contributed by atoms with E-state index in [2.05, 4.69) is 9.97 Å². The molecule has 2 rings (SSSR count). The molecule has 4 nitrogen and oxygen atoms in total. The molecule has 0 aliphatic heterocycles. The Morgan fingerprint density at radius 1 is 1.07 bits per heavy atom. The maximum Gasteiger partial charge on any atom is 0.222 e. The fourth-order valence-electron chi connectivity index (χ4n) is 1.29. The van der Waals surface area contributed by atoms with Gasteiger partial charge >= 0.3 is 0 Å². The zero-order chi connectivity index (χ0) is 10.8. The number of hydrogen-bond acceptors (Lipinski definition) is 4. The Bertz CT molecular complexity index is 478. The summed E-state index contributed by atoms with van der Waals surface area (Å²) in [6.45, 7) is 0. The summed E-state index contributed by atoms with van der Waals surface area (Å²) < 4.78 is 0. The van der Waals surface area contributed by atoms with Gasteiger partial charge in [-0.05, 0) is 6.07 Å². The minimum atomic E-state index is 0.143. The predicted octanol–water partition coefficient (Wildman–Crippen LogP) is 1.96. The zero-order valence-electron chi connectivity index (χ0n) is 7.81. The predicted molar refractivity (Wildman–Crippen MR) is 61.3 cm³/mol. The molecule has 0 spiro atoms. The van der Waals surface area contributed by atoms with Crippen molar-refractivity contribution in [3.05, 3.63) is 35.4 Å². The first-order chi connectivity index (χ1) is 7.16. The van der Waals surface area contributed by atoms with Crippen LogP contribution in [0.25, 0.3) is 11.3 Å². The van der Waals surface area contributed by atoms with E-state index in [9.17, 15) is 0 Å². The lowest BCUT2D eigenvalue weighted by Crippen LogP contribution is -2.00. The first-order valence-electron chi connectivity index (χ1n) is 4.32. The van der Waals surface area contributed by atoms with Gasteiger partial charge in [-0.25, -0.2) is 4.98 Å². The Kier molecular flexibility index (Phi) is 2.43. The minimum absolute atomic E-state index is 0.143. The third-order valence-electron chi connectivity index (χ3n) is 1.91. The highest BCUT2D eigenvalue weighted by Crippen LogP contribution is 2.26. The molecule has 1 heterocycles. The largest absolute Gasteiger partial charge is 0.384 e. The highest BCUT2D eigenvalue weighted by atomic mass is 35.5. The van der Waals surface area contributed by atoms with Crippen LogP contribution in [-0.2, 0) is 0 Å². The van der Waals surface area contributed by atoms with Gasteiger partial charge in [0, 0.05) is 16.7 Å². The molecule has 5 heteroatoms. The lowest BCUT2D eigenvalue weighted by Gasteiger charge is -2.04. The van der Waals surface area contributed by atoms with Gasteiger partial charge in [0.05, 0.1) is 5.69 Å². The lowest BCUT2D eigenvalue weighted by molar-refractivity contribution is 1.20. The van der Waals surface area contributed by atoms with Crippen LogP contribution in [0.5, 0.6) is 0 Å². The molecule has 0 aliphatic carbocycles. The number of nitrogen functional groups attached to an aromatic ring is 2. The Balaban J connectivity index is 2.59. The second-order valence-corrected chi connectivity index (χ2v) is 3.42. The quantitative estimate of drug-likeness (QED) is 0.770. The number of anilines is 2. The van der Waals surface area contributed by atoms with Crippen molar-refractivity contribution >= 4 is 23.4 Å². The van der Waals surface area contributed by atoms with Crippen molar-refractivity contribution in [1.82, 2.24) is 9.97 Å². The minimum Gasteiger partial charge on any atom is -0.384 e. The molecule has 0 atom stereocenters. The van der Waals surface area contributed by atoms with E-state index in [1.165, 1.54) is 0 Å². The fraction of sp³-hybridized carbons (Fsp3) is 0. The van der Waals surface area contributed by atoms with E-state index in [0.717, 1.165) is 5.56 Å². The van der Waals surface area contributed by atoms with Gasteiger partial charge in [0.25, 0.3) is 0 Å². The summed E-state index contributed by atoms with van der Waals surface area (Å²) in [5.74, 6) is 0.474. The summed E-state index contributed by atoms with van der Waals surface area (Å²) in [6.07, 6.45) is 0. The number of benzene rings is 1. The Labute approximate surface area is 91.9 Å². The van der Waals surface area contributed by atoms with E-state index >= 15 is 0 Å². The van der Waals surface area contributed by atoms with Gasteiger partial charge < -0.3 is 11.5 Å². The van der Waals surface area contributed by atoms with Crippen molar-refractivity contribution in [2.45, 2.75) is 0 Å². The molecule has 1 aromatic carbocycles. The van der Waals surface area contributed by atoms with Crippen LogP contribution in [0.4, 0.5) is 11.8 Å². The van der Waals surface area contributed by atoms with Gasteiger partial charge in [0.1, 0.15) is 5.82 Å². The highest BCUT2D eigenvalue weighted by Gasteiger charge is 2.06. The summed E-state index contributed by atoms with van der Waals surface area (Å²) in [6, 6.07) is 8.99. The van der Waals surface area contributed by atoms with Crippen LogP contribution in [0.15, 0.2) is 30.3 Å². The molecule has 0 unspecified atom stereocenters. The first-order valence-corrected chi connectivity index (χ1v) is 4.69. The van der Waals surface area contributed by atoms with Crippen LogP contribution in [0, 0.1) is 0 Å². The van der Waals surface area contributed by atoms with E-state index in [0.29, 0.717) is 16.5 Å². The zero-order valence-corrected chi connectivity index (χ0v) is 8.57. The van der Waals surface area contributed by atoms with Crippen molar-refractivity contribution < 1.29 is 0 Å². The van der Waals surface area contributed by atoms with E-state index < -0.39 is 0 Å². The van der Waals surface area contributed by atoms with Crippen LogP contribution >= 0.6 is 11.6 Å². The van der Waals surface area contributed by atoms with Crippen molar-refractivity contribution in [3.63, 3.8) is 0 Å². The molecule has 4 N–H and O–H groups in total. The van der Waals surface area contributed by atoms with E-state index in [1.807, 2.05) is 18.2 Å². The SMILES string of the molecule is Nc1cc(-c2ccccc2Cl)nc(N)n1. The van der Waals surface area contributed by atoms with Gasteiger partial charge in [-0.15, -0.1) is 0 Å². The van der Waals surface area contributed by atoms with Crippen LogP contribution in [0.1, 0.15) is 0 Å². The molecule has 0 fully saturated rings. The molecule has 76 valence electrons. The van der Waals surface area contributed by atoms with E-state index in [-0.39, 0.29) is 5.95 Å². The Hall–Kier alpha value is -1.81. The second-order valence-electron chi connectivity index (χ2n) is 3.02. The number of aromatic nitrogens is 2. The summed E-state index contributed by atoms with van der Waals surface area (Å²) in [5, 5.41) is 0.606. The van der Waals surface area contributed by atoms with Gasteiger partial charge in [-0.1, -0.05) is 29.8 Å². The van der Waals surface area contributed by atoms with E-state index in [4.69, 9.17) is 23.1 Å². The number of nitrogens with two attached hydrogens (primary N) is 2. The van der Waals surface area contributed by atoms with Crippen LogP contribution in [0.3, 0.4) is 0 Å². The van der Waals surface area contributed by atoms with Gasteiger partial charge in [-0.2, -0.15) is 4.98 Å². The first kappa shape index (κ1) is 9.73. The molecular weight excluding hydrogens is 212 g/mol. The van der Waals surface area contributed by atoms with Gasteiger partial charge in [0.15, 0.2) is 0 Å². The molecule has 0 saturated heterocycles. The monoisotopic (exact) mass is 220 g/mol. The number of halogens is 1. The Morgan fingerprint density at radius 2 is 1.80 bits per heavy atom. The summed E-state index contributed by atoms with van der Waals surface area (Å²) in [5.41, 5.74) is 12.5. The third kappa shape index (κ3) is 1.99. The molecule has 0 radical (unpaired) electrons. The Morgan fingerprint density at radius 3 is 2.47 bits per heavy atom. The van der Waals surface area contributed by atoms with Gasteiger partial charge in [-0.3, -0.25) is 0 Å². The average molecular weight is 221 g/mol. The van der Waals surface area contributed by atoms with Crippen molar-refractivity contribution in [1.29, 1.82) is 0 Å². The molecule has 0 amide bonds.